The molecule has 87 valence electrons. The summed E-state index contributed by atoms with van der Waals surface area (Å²) in [6, 6.07) is 9.47. The van der Waals surface area contributed by atoms with Crippen LogP contribution in [-0.2, 0) is 21.6 Å². The lowest BCUT2D eigenvalue weighted by Gasteiger charge is -2.22. The van der Waals surface area contributed by atoms with Gasteiger partial charge in [-0.05, 0) is 16.0 Å². The number of benzene rings is 1. The molecule has 2 aromatic rings. The third kappa shape index (κ3) is 2.21. The lowest BCUT2D eigenvalue weighted by molar-refractivity contribution is 0.0378. The number of carbonyl (C=O) groups excluding carboxylic acids is 1. The minimum absolute atomic E-state index is 0.249. The summed E-state index contributed by atoms with van der Waals surface area (Å²) in [6.45, 7) is 0. The number of ether oxygens (including phenoxy) is 1. The molecule has 1 aromatic carbocycles. The van der Waals surface area contributed by atoms with Gasteiger partial charge in [-0.1, -0.05) is 30.3 Å². The standard InChI is InChI=1S/C11H11N4O2/c1-17-11(8-16,10-12-14-15-13-10)7-9-5-3-2-4-6-9/h2-6H,7H2,1H3,(H,12,13,14,15). The van der Waals surface area contributed by atoms with E-state index < -0.39 is 5.60 Å². The van der Waals surface area contributed by atoms with Gasteiger partial charge in [0.25, 0.3) is 0 Å². The Morgan fingerprint density at radius 3 is 2.71 bits per heavy atom. The van der Waals surface area contributed by atoms with Crippen LogP contribution in [0.5, 0.6) is 0 Å². The number of methoxy groups -OCH3 is 1. The molecule has 0 saturated carbocycles. The molecular formula is C11H11N4O2. The van der Waals surface area contributed by atoms with Gasteiger partial charge < -0.3 is 4.74 Å². The van der Waals surface area contributed by atoms with Crippen molar-refractivity contribution >= 4 is 6.29 Å². The van der Waals surface area contributed by atoms with Gasteiger partial charge in [0.1, 0.15) is 0 Å². The number of rotatable bonds is 5. The molecular weight excluding hydrogens is 220 g/mol. The first-order valence-electron chi connectivity index (χ1n) is 5.03. The fourth-order valence-corrected chi connectivity index (χ4v) is 1.59. The summed E-state index contributed by atoms with van der Waals surface area (Å²) < 4.78 is 5.24. The van der Waals surface area contributed by atoms with E-state index in [9.17, 15) is 4.79 Å². The van der Waals surface area contributed by atoms with Crippen molar-refractivity contribution in [2.24, 2.45) is 0 Å². The van der Waals surface area contributed by atoms with Crippen LogP contribution in [0.3, 0.4) is 0 Å². The van der Waals surface area contributed by atoms with Crippen molar-refractivity contribution in [2.75, 3.05) is 7.11 Å². The molecule has 0 aliphatic heterocycles. The van der Waals surface area contributed by atoms with E-state index in [0.29, 0.717) is 6.42 Å². The molecule has 2 rings (SSSR count). The van der Waals surface area contributed by atoms with Gasteiger partial charge in [-0.3, -0.25) is 4.79 Å². The lowest BCUT2D eigenvalue weighted by Crippen LogP contribution is -2.34. The number of nitrogens with one attached hydrogen (secondary N) is 1. The monoisotopic (exact) mass is 231 g/mol. The van der Waals surface area contributed by atoms with Crippen LogP contribution in [0.1, 0.15) is 11.4 Å². The second-order valence-electron chi connectivity index (χ2n) is 3.55. The van der Waals surface area contributed by atoms with E-state index in [1.54, 1.807) is 0 Å². The van der Waals surface area contributed by atoms with Gasteiger partial charge in [-0.2, -0.15) is 0 Å². The van der Waals surface area contributed by atoms with Gasteiger partial charge in [0.05, 0.1) is 0 Å². The normalized spacial score (nSPS) is 14.2. The Kier molecular flexibility index (Phi) is 3.24. The highest BCUT2D eigenvalue weighted by Crippen LogP contribution is 2.23. The van der Waals surface area contributed by atoms with Crippen molar-refractivity contribution in [3.8, 4) is 0 Å². The number of H-pyrrole nitrogens is 1. The molecule has 1 aromatic heterocycles. The van der Waals surface area contributed by atoms with E-state index in [2.05, 4.69) is 20.6 Å². The molecule has 0 fully saturated rings. The Bertz CT molecular complexity index is 471. The molecule has 0 amide bonds. The predicted octanol–water partition coefficient (Wildman–Crippen LogP) is 0.394. The summed E-state index contributed by atoms with van der Waals surface area (Å²) in [5.41, 5.74) is -0.348. The molecule has 0 aliphatic rings. The third-order valence-corrected chi connectivity index (χ3v) is 2.54. The van der Waals surface area contributed by atoms with E-state index in [-0.39, 0.29) is 5.82 Å². The zero-order valence-electron chi connectivity index (χ0n) is 9.25. The first kappa shape index (κ1) is 11.4. The molecule has 1 atom stereocenters. The maximum atomic E-state index is 11.2. The Labute approximate surface area is 98.0 Å². The van der Waals surface area contributed by atoms with Crippen LogP contribution in [0.2, 0.25) is 0 Å². The summed E-state index contributed by atoms with van der Waals surface area (Å²) in [7, 11) is 1.43. The molecule has 6 heteroatoms. The van der Waals surface area contributed by atoms with E-state index in [1.165, 1.54) is 7.11 Å². The van der Waals surface area contributed by atoms with E-state index in [4.69, 9.17) is 4.74 Å². The zero-order valence-corrected chi connectivity index (χ0v) is 9.25. The van der Waals surface area contributed by atoms with Crippen molar-refractivity contribution < 1.29 is 9.53 Å². The van der Waals surface area contributed by atoms with Crippen molar-refractivity contribution in [3.05, 3.63) is 41.7 Å². The Morgan fingerprint density at radius 1 is 1.41 bits per heavy atom. The quantitative estimate of drug-likeness (QED) is 0.805. The molecule has 17 heavy (non-hydrogen) atoms. The van der Waals surface area contributed by atoms with Gasteiger partial charge in [-0.15, -0.1) is 5.10 Å². The molecule has 0 bridgehead atoms. The second kappa shape index (κ2) is 4.84. The van der Waals surface area contributed by atoms with E-state index >= 15 is 0 Å². The Hall–Kier alpha value is -2.08. The summed E-state index contributed by atoms with van der Waals surface area (Å²) in [5, 5.41) is 13.2. The van der Waals surface area contributed by atoms with Crippen LogP contribution < -0.4 is 0 Å². The molecule has 1 heterocycles. The number of hydrogen-bond donors (Lipinski definition) is 1. The SMILES string of the molecule is COC([C]=O)(Cc1ccccc1)c1nnn[nH]1. The minimum atomic E-state index is -1.29. The highest BCUT2D eigenvalue weighted by Gasteiger charge is 2.37. The summed E-state index contributed by atoms with van der Waals surface area (Å²) in [4.78, 5) is 11.2. The molecule has 0 aliphatic carbocycles. The molecule has 1 N–H and O–H groups in total. The largest absolute Gasteiger partial charge is 0.362 e. The first-order valence-corrected chi connectivity index (χ1v) is 5.03. The van der Waals surface area contributed by atoms with Crippen molar-refractivity contribution in [3.63, 3.8) is 0 Å². The predicted molar refractivity (Wildman–Crippen MR) is 58.7 cm³/mol. The van der Waals surface area contributed by atoms with Crippen molar-refractivity contribution in [1.82, 2.24) is 20.6 Å². The first-order chi connectivity index (χ1) is 8.30. The zero-order chi connectivity index (χ0) is 12.1. The van der Waals surface area contributed by atoms with Crippen LogP contribution in [-0.4, -0.2) is 34.0 Å². The van der Waals surface area contributed by atoms with Gasteiger partial charge in [-0.25, -0.2) is 5.10 Å². The molecule has 1 unspecified atom stereocenters. The Morgan fingerprint density at radius 2 is 2.18 bits per heavy atom. The summed E-state index contributed by atoms with van der Waals surface area (Å²) >= 11 is 0. The fourth-order valence-electron chi connectivity index (χ4n) is 1.59. The Balaban J connectivity index is 2.33. The van der Waals surface area contributed by atoms with E-state index in [1.807, 2.05) is 36.6 Å². The van der Waals surface area contributed by atoms with Crippen molar-refractivity contribution in [1.29, 1.82) is 0 Å². The summed E-state index contributed by atoms with van der Waals surface area (Å²) in [5.74, 6) is 0.249. The highest BCUT2D eigenvalue weighted by atomic mass is 16.5. The number of aromatic amines is 1. The maximum absolute atomic E-state index is 11.2. The van der Waals surface area contributed by atoms with Crippen LogP contribution in [0.4, 0.5) is 0 Å². The van der Waals surface area contributed by atoms with Gasteiger partial charge in [0.2, 0.25) is 6.29 Å². The molecule has 6 nitrogen and oxygen atoms in total. The second-order valence-corrected chi connectivity index (χ2v) is 3.55. The van der Waals surface area contributed by atoms with Gasteiger partial charge in [0.15, 0.2) is 11.4 Å². The fraction of sp³-hybridized carbons (Fsp3) is 0.273. The lowest BCUT2D eigenvalue weighted by atomic mass is 9.95. The van der Waals surface area contributed by atoms with Crippen LogP contribution in [0.15, 0.2) is 30.3 Å². The van der Waals surface area contributed by atoms with Gasteiger partial charge in [0, 0.05) is 13.5 Å². The van der Waals surface area contributed by atoms with Crippen LogP contribution >= 0.6 is 0 Å². The smallest absolute Gasteiger partial charge is 0.241 e. The number of nitrogens with zero attached hydrogens (tertiary/aromatic N) is 3. The van der Waals surface area contributed by atoms with Crippen LogP contribution in [0, 0.1) is 0 Å². The average molecular weight is 231 g/mol. The minimum Gasteiger partial charge on any atom is -0.362 e. The molecule has 1 radical (unpaired) electrons. The number of tetrazole rings is 1. The molecule has 0 spiro atoms. The number of aromatic nitrogens is 4. The molecule has 0 saturated heterocycles. The average Bonchev–Trinajstić information content (AvgIpc) is 2.92. The van der Waals surface area contributed by atoms with Crippen molar-refractivity contribution in [2.45, 2.75) is 12.0 Å². The highest BCUT2D eigenvalue weighted by molar-refractivity contribution is 5.65. The van der Waals surface area contributed by atoms with Gasteiger partial charge >= 0.3 is 0 Å². The summed E-state index contributed by atoms with van der Waals surface area (Å²) in [6.07, 6.45) is 2.19. The van der Waals surface area contributed by atoms with Crippen LogP contribution in [0.25, 0.3) is 0 Å². The topological polar surface area (TPSA) is 80.8 Å². The maximum Gasteiger partial charge on any atom is 0.241 e. The number of hydrogen-bond acceptors (Lipinski definition) is 5. The van der Waals surface area contributed by atoms with E-state index in [0.717, 1.165) is 5.56 Å². The third-order valence-electron chi connectivity index (χ3n) is 2.54.